The van der Waals surface area contributed by atoms with Crippen molar-refractivity contribution in [1.82, 2.24) is 0 Å². The van der Waals surface area contributed by atoms with Crippen LogP contribution in [0.25, 0.3) is 0 Å². The third-order valence-electron chi connectivity index (χ3n) is 2.73. The zero-order valence-corrected chi connectivity index (χ0v) is 10.5. The fraction of sp³-hybridized carbons (Fsp3) is 0.214. The lowest BCUT2D eigenvalue weighted by molar-refractivity contribution is -0.908. The number of benzene rings is 1. The fourth-order valence-electron chi connectivity index (χ4n) is 1.94. The number of aromatic carboxylic acids is 1. The van der Waals surface area contributed by atoms with Gasteiger partial charge in [0.15, 0.2) is 5.76 Å². The molecule has 5 heteroatoms. The lowest BCUT2D eigenvalue weighted by Gasteiger charge is -2.12. The molecule has 0 amide bonds. The van der Waals surface area contributed by atoms with E-state index in [2.05, 4.69) is 0 Å². The molecule has 1 unspecified atom stereocenters. The van der Waals surface area contributed by atoms with E-state index in [4.69, 9.17) is 4.42 Å². The van der Waals surface area contributed by atoms with Crippen LogP contribution in [0.4, 0.5) is 4.39 Å². The molecule has 100 valence electrons. The maximum atomic E-state index is 13.0. The van der Waals surface area contributed by atoms with Gasteiger partial charge in [-0.05, 0) is 24.3 Å². The molecule has 0 aliphatic heterocycles. The molecule has 1 aromatic heterocycles. The molecule has 0 spiro atoms. The van der Waals surface area contributed by atoms with Gasteiger partial charge < -0.3 is 19.2 Å². The highest BCUT2D eigenvalue weighted by Gasteiger charge is 2.10. The van der Waals surface area contributed by atoms with Crippen molar-refractivity contribution in [3.63, 3.8) is 0 Å². The molecule has 0 fully saturated rings. The van der Waals surface area contributed by atoms with Gasteiger partial charge in [0, 0.05) is 5.56 Å². The standard InChI is InChI=1S/C14H14FNO3/c1-16(8-10-3-2-4-11(15)7-10)9-12-5-6-13(19-12)14(17)18/h2-7H,8-9H2,1H3,(H,17,18). The van der Waals surface area contributed by atoms with Crippen molar-refractivity contribution in [3.05, 3.63) is 59.3 Å². The summed E-state index contributed by atoms with van der Waals surface area (Å²) < 4.78 is 18.2. The molecule has 19 heavy (non-hydrogen) atoms. The fourth-order valence-corrected chi connectivity index (χ4v) is 1.94. The quantitative estimate of drug-likeness (QED) is 0.826. The summed E-state index contributed by atoms with van der Waals surface area (Å²) in [5, 5.41) is 10.6. The van der Waals surface area contributed by atoms with E-state index in [9.17, 15) is 14.3 Å². The Balaban J connectivity index is 1.97. The van der Waals surface area contributed by atoms with Crippen LogP contribution in [0.3, 0.4) is 0 Å². The van der Waals surface area contributed by atoms with E-state index < -0.39 is 5.97 Å². The molecule has 2 aromatic rings. The maximum absolute atomic E-state index is 13.0. The first-order chi connectivity index (χ1) is 9.04. The summed E-state index contributed by atoms with van der Waals surface area (Å²) >= 11 is 0. The summed E-state index contributed by atoms with van der Waals surface area (Å²) in [6.45, 7) is 1.14. The number of hydrogen-bond acceptors (Lipinski definition) is 3. The lowest BCUT2D eigenvalue weighted by Crippen LogP contribution is -3.06. The molecule has 0 saturated heterocycles. The number of carbonyl (C=O) groups is 1. The van der Waals surface area contributed by atoms with Crippen LogP contribution in [0.1, 0.15) is 21.9 Å². The molecule has 0 radical (unpaired) electrons. The summed E-state index contributed by atoms with van der Waals surface area (Å²) in [5.41, 5.74) is 0.879. The van der Waals surface area contributed by atoms with Crippen molar-refractivity contribution in [1.29, 1.82) is 0 Å². The minimum absolute atomic E-state index is 0.173. The minimum Gasteiger partial charge on any atom is -0.542 e. The summed E-state index contributed by atoms with van der Waals surface area (Å²) in [6, 6.07) is 9.39. The van der Waals surface area contributed by atoms with E-state index in [1.54, 1.807) is 12.1 Å². The van der Waals surface area contributed by atoms with Crippen LogP contribution in [0.5, 0.6) is 0 Å². The summed E-state index contributed by atoms with van der Waals surface area (Å²) in [6.07, 6.45) is 0. The first kappa shape index (κ1) is 13.3. The minimum atomic E-state index is -1.32. The van der Waals surface area contributed by atoms with Crippen molar-refractivity contribution in [3.8, 4) is 0 Å². The third-order valence-corrected chi connectivity index (χ3v) is 2.73. The molecule has 0 aliphatic carbocycles. The van der Waals surface area contributed by atoms with Gasteiger partial charge >= 0.3 is 0 Å². The Kier molecular flexibility index (Phi) is 3.97. The molecule has 1 atom stereocenters. The number of hydrogen-bond donors (Lipinski definition) is 1. The van der Waals surface area contributed by atoms with Crippen LogP contribution >= 0.6 is 0 Å². The van der Waals surface area contributed by atoms with E-state index in [1.807, 2.05) is 13.1 Å². The lowest BCUT2D eigenvalue weighted by atomic mass is 10.2. The summed E-state index contributed by atoms with van der Waals surface area (Å²) in [4.78, 5) is 11.6. The van der Waals surface area contributed by atoms with Gasteiger partial charge in [-0.15, -0.1) is 0 Å². The van der Waals surface area contributed by atoms with Crippen LogP contribution in [0.2, 0.25) is 0 Å². The predicted molar refractivity (Wildman–Crippen MR) is 63.7 cm³/mol. The van der Waals surface area contributed by atoms with Crippen LogP contribution in [0, 0.1) is 5.82 Å². The SMILES string of the molecule is C[NH+](Cc1cccc(F)c1)Cc1ccc(C(=O)[O-])o1. The van der Waals surface area contributed by atoms with E-state index in [0.717, 1.165) is 10.5 Å². The number of carbonyl (C=O) groups excluding carboxylic acids is 1. The van der Waals surface area contributed by atoms with Gasteiger partial charge in [-0.1, -0.05) is 12.1 Å². The smallest absolute Gasteiger partial charge is 0.159 e. The molecule has 0 saturated carbocycles. The number of quaternary nitrogens is 1. The van der Waals surface area contributed by atoms with Crippen molar-refractivity contribution in [2.75, 3.05) is 7.05 Å². The van der Waals surface area contributed by atoms with E-state index in [1.165, 1.54) is 18.2 Å². The van der Waals surface area contributed by atoms with Crippen molar-refractivity contribution in [2.24, 2.45) is 0 Å². The topological polar surface area (TPSA) is 57.7 Å². The Morgan fingerprint density at radius 2 is 2.11 bits per heavy atom. The normalized spacial score (nSPS) is 12.3. The molecule has 0 bridgehead atoms. The number of carboxylic acid groups (broad SMARTS) is 1. The second kappa shape index (κ2) is 5.67. The van der Waals surface area contributed by atoms with Gasteiger partial charge in [-0.3, -0.25) is 0 Å². The zero-order valence-electron chi connectivity index (χ0n) is 10.5. The number of rotatable bonds is 5. The Labute approximate surface area is 110 Å². The van der Waals surface area contributed by atoms with Crippen molar-refractivity contribution < 1.29 is 23.6 Å². The first-order valence-electron chi connectivity index (χ1n) is 5.90. The molecular weight excluding hydrogens is 249 g/mol. The molecule has 1 N–H and O–H groups in total. The number of carboxylic acids is 1. The molecule has 4 nitrogen and oxygen atoms in total. The monoisotopic (exact) mass is 263 g/mol. The number of nitrogens with one attached hydrogen (secondary N) is 1. The number of furan rings is 1. The van der Waals surface area contributed by atoms with E-state index in [0.29, 0.717) is 18.8 Å². The summed E-state index contributed by atoms with van der Waals surface area (Å²) in [7, 11) is 1.92. The van der Waals surface area contributed by atoms with Crippen LogP contribution < -0.4 is 10.0 Å². The first-order valence-corrected chi connectivity index (χ1v) is 5.90. The highest BCUT2D eigenvalue weighted by Crippen LogP contribution is 2.06. The highest BCUT2D eigenvalue weighted by atomic mass is 19.1. The Morgan fingerprint density at radius 1 is 1.32 bits per heavy atom. The van der Waals surface area contributed by atoms with Gasteiger partial charge in [0.1, 0.15) is 30.6 Å². The average Bonchev–Trinajstić information content (AvgIpc) is 2.77. The molecule has 1 heterocycles. The van der Waals surface area contributed by atoms with E-state index >= 15 is 0 Å². The highest BCUT2D eigenvalue weighted by molar-refractivity contribution is 5.82. The zero-order chi connectivity index (χ0) is 13.8. The van der Waals surface area contributed by atoms with E-state index in [-0.39, 0.29) is 11.6 Å². The second-order valence-corrected chi connectivity index (χ2v) is 4.49. The number of halogens is 1. The average molecular weight is 263 g/mol. The third kappa shape index (κ3) is 3.66. The van der Waals surface area contributed by atoms with Gasteiger partial charge in [-0.2, -0.15) is 0 Å². The van der Waals surface area contributed by atoms with Crippen LogP contribution in [-0.2, 0) is 13.1 Å². The van der Waals surface area contributed by atoms with Gasteiger partial charge in [0.25, 0.3) is 0 Å². The van der Waals surface area contributed by atoms with Crippen molar-refractivity contribution >= 4 is 5.97 Å². The van der Waals surface area contributed by atoms with Crippen molar-refractivity contribution in [2.45, 2.75) is 13.1 Å². The summed E-state index contributed by atoms with van der Waals surface area (Å²) in [5.74, 6) is -1.20. The Bertz CT molecular complexity index is 580. The largest absolute Gasteiger partial charge is 0.542 e. The predicted octanol–water partition coefficient (Wildman–Crippen LogP) is -0.00290. The Morgan fingerprint density at radius 3 is 2.74 bits per heavy atom. The van der Waals surface area contributed by atoms with Gasteiger partial charge in [0.05, 0.1) is 7.05 Å². The second-order valence-electron chi connectivity index (χ2n) is 4.49. The molecular formula is C14H14FNO3. The molecule has 1 aromatic carbocycles. The van der Waals surface area contributed by atoms with Gasteiger partial charge in [0.2, 0.25) is 0 Å². The van der Waals surface area contributed by atoms with Crippen LogP contribution in [0.15, 0.2) is 40.8 Å². The van der Waals surface area contributed by atoms with Crippen LogP contribution in [-0.4, -0.2) is 13.0 Å². The molecule has 2 rings (SSSR count). The Hall–Kier alpha value is -2.14. The molecule has 0 aliphatic rings. The van der Waals surface area contributed by atoms with Gasteiger partial charge in [-0.25, -0.2) is 4.39 Å². The maximum Gasteiger partial charge on any atom is 0.159 e.